The van der Waals surface area contributed by atoms with E-state index in [2.05, 4.69) is 37.3 Å². The van der Waals surface area contributed by atoms with E-state index in [1.54, 1.807) is 37.3 Å². The number of hydrazine groups is 1. The van der Waals surface area contributed by atoms with Crippen molar-refractivity contribution in [2.45, 2.75) is 6.92 Å². The second kappa shape index (κ2) is 9.97. The zero-order valence-corrected chi connectivity index (χ0v) is 19.8. The maximum Gasteiger partial charge on any atom is 0.344 e. The normalized spacial score (nSPS) is 14.6. The quantitative estimate of drug-likeness (QED) is 0.320. The Kier molecular flexibility index (Phi) is 7.34. The molecule has 0 bridgehead atoms. The van der Waals surface area contributed by atoms with Gasteiger partial charge in [0, 0.05) is 4.47 Å². The Hall–Kier alpha value is -2.85. The topological polar surface area (TPSA) is 94.2 Å². The lowest BCUT2D eigenvalue weighted by Crippen LogP contribution is -2.35. The third-order valence-electron chi connectivity index (χ3n) is 4.22. The molecule has 0 unspecified atom stereocenters. The number of benzene rings is 2. The number of carbonyl (C=O) groups excluding carboxylic acids is 3. The van der Waals surface area contributed by atoms with Crippen LogP contribution in [0.4, 0.5) is 5.69 Å². The van der Waals surface area contributed by atoms with Gasteiger partial charge in [-0.3, -0.25) is 15.0 Å². The summed E-state index contributed by atoms with van der Waals surface area (Å²) in [4.78, 5) is 36.9. The van der Waals surface area contributed by atoms with Crippen LogP contribution in [0.15, 0.2) is 50.9 Å². The molecule has 162 valence electrons. The SMILES string of the molecule is CCOC(=O)COc1c(OC)cc(/C=C2/C(=O)NN(c3ccccc3)C2=O)c(Br)c1Br. The molecule has 0 aliphatic carbocycles. The van der Waals surface area contributed by atoms with Gasteiger partial charge in [0.25, 0.3) is 11.8 Å². The monoisotopic (exact) mass is 552 g/mol. The van der Waals surface area contributed by atoms with Gasteiger partial charge in [0.15, 0.2) is 18.1 Å². The number of ether oxygens (including phenoxy) is 3. The van der Waals surface area contributed by atoms with Gasteiger partial charge in [-0.05, 0) is 68.6 Å². The van der Waals surface area contributed by atoms with E-state index in [4.69, 9.17) is 14.2 Å². The first-order valence-electron chi connectivity index (χ1n) is 9.14. The maximum absolute atomic E-state index is 12.8. The van der Waals surface area contributed by atoms with Crippen molar-refractivity contribution in [2.75, 3.05) is 25.3 Å². The molecule has 1 N–H and O–H groups in total. The summed E-state index contributed by atoms with van der Waals surface area (Å²) in [5.74, 6) is -0.956. The van der Waals surface area contributed by atoms with Gasteiger partial charge in [-0.1, -0.05) is 18.2 Å². The molecular formula is C21H18Br2N2O6. The number of carbonyl (C=O) groups is 3. The zero-order chi connectivity index (χ0) is 22.5. The van der Waals surface area contributed by atoms with Crippen LogP contribution in [-0.4, -0.2) is 38.1 Å². The number of rotatable bonds is 7. The molecule has 1 saturated heterocycles. The molecule has 10 heteroatoms. The Labute approximate surface area is 195 Å². The molecule has 0 aromatic heterocycles. The van der Waals surface area contributed by atoms with Gasteiger partial charge < -0.3 is 14.2 Å². The average molecular weight is 554 g/mol. The fourth-order valence-electron chi connectivity index (χ4n) is 2.80. The lowest BCUT2D eigenvalue weighted by Gasteiger charge is -2.15. The minimum atomic E-state index is -0.529. The number of halogens is 2. The lowest BCUT2D eigenvalue weighted by atomic mass is 10.1. The van der Waals surface area contributed by atoms with Crippen LogP contribution in [0.2, 0.25) is 0 Å². The number of para-hydroxylation sites is 1. The Bertz CT molecular complexity index is 1060. The highest BCUT2D eigenvalue weighted by Gasteiger charge is 2.34. The Balaban J connectivity index is 1.93. The summed E-state index contributed by atoms with van der Waals surface area (Å²) in [5, 5.41) is 1.19. The zero-order valence-electron chi connectivity index (χ0n) is 16.6. The van der Waals surface area contributed by atoms with Crippen LogP contribution in [0.25, 0.3) is 6.08 Å². The summed E-state index contributed by atoms with van der Waals surface area (Å²) in [6, 6.07) is 10.4. The molecule has 8 nitrogen and oxygen atoms in total. The largest absolute Gasteiger partial charge is 0.493 e. The second-order valence-corrected chi connectivity index (χ2v) is 7.78. The summed E-state index contributed by atoms with van der Waals surface area (Å²) in [5.41, 5.74) is 3.56. The Morgan fingerprint density at radius 1 is 1.16 bits per heavy atom. The number of methoxy groups -OCH3 is 1. The molecule has 2 aromatic rings. The minimum absolute atomic E-state index is 0.0429. The van der Waals surface area contributed by atoms with Gasteiger partial charge in [-0.25, -0.2) is 9.80 Å². The number of nitrogens with one attached hydrogen (secondary N) is 1. The number of hydrogen-bond donors (Lipinski definition) is 1. The van der Waals surface area contributed by atoms with E-state index in [0.29, 0.717) is 25.9 Å². The standard InChI is InChI=1S/C21H18Br2N2O6/c1-3-30-16(26)11-31-19-15(29-2)10-12(17(22)18(19)23)9-14-20(27)24-25(21(14)28)13-7-5-4-6-8-13/h4-10H,3,11H2,1-2H3,(H,24,27)/b14-9-. The van der Waals surface area contributed by atoms with Crippen molar-refractivity contribution in [2.24, 2.45) is 0 Å². The number of hydrogen-bond acceptors (Lipinski definition) is 6. The van der Waals surface area contributed by atoms with Crippen molar-refractivity contribution in [3.8, 4) is 11.5 Å². The summed E-state index contributed by atoms with van der Waals surface area (Å²) in [6.45, 7) is 1.64. The van der Waals surface area contributed by atoms with Gasteiger partial charge in [0.2, 0.25) is 0 Å². The fourth-order valence-corrected chi connectivity index (χ4v) is 3.75. The molecule has 3 rings (SSSR count). The number of anilines is 1. The molecule has 1 fully saturated rings. The van der Waals surface area contributed by atoms with Gasteiger partial charge in [0.1, 0.15) is 5.57 Å². The van der Waals surface area contributed by atoms with Crippen molar-refractivity contribution < 1.29 is 28.6 Å². The summed E-state index contributed by atoms with van der Waals surface area (Å²) >= 11 is 6.85. The third kappa shape index (κ3) is 4.91. The predicted molar refractivity (Wildman–Crippen MR) is 121 cm³/mol. The van der Waals surface area contributed by atoms with Crippen molar-refractivity contribution >= 4 is 61.4 Å². The molecular weight excluding hydrogens is 536 g/mol. The van der Waals surface area contributed by atoms with Crippen LogP contribution in [0.1, 0.15) is 12.5 Å². The molecule has 0 spiro atoms. The highest BCUT2D eigenvalue weighted by Crippen LogP contribution is 2.43. The van der Waals surface area contributed by atoms with Crippen LogP contribution in [-0.2, 0) is 19.1 Å². The van der Waals surface area contributed by atoms with E-state index >= 15 is 0 Å². The Morgan fingerprint density at radius 2 is 1.87 bits per heavy atom. The van der Waals surface area contributed by atoms with E-state index in [9.17, 15) is 14.4 Å². The lowest BCUT2D eigenvalue weighted by molar-refractivity contribution is -0.145. The van der Waals surface area contributed by atoms with Crippen molar-refractivity contribution in [3.05, 3.63) is 56.5 Å². The van der Waals surface area contributed by atoms with Crippen LogP contribution >= 0.6 is 31.9 Å². The van der Waals surface area contributed by atoms with Gasteiger partial charge in [-0.2, -0.15) is 0 Å². The van der Waals surface area contributed by atoms with Crippen LogP contribution in [0.3, 0.4) is 0 Å². The predicted octanol–water partition coefficient (Wildman–Crippen LogP) is 3.62. The van der Waals surface area contributed by atoms with Crippen LogP contribution < -0.4 is 19.9 Å². The summed E-state index contributed by atoms with van der Waals surface area (Å²) in [7, 11) is 1.44. The maximum atomic E-state index is 12.8. The van der Waals surface area contributed by atoms with E-state index in [1.165, 1.54) is 18.2 Å². The first-order valence-corrected chi connectivity index (χ1v) is 10.7. The van der Waals surface area contributed by atoms with E-state index in [1.807, 2.05) is 6.07 Å². The Morgan fingerprint density at radius 3 is 2.52 bits per heavy atom. The smallest absolute Gasteiger partial charge is 0.344 e. The average Bonchev–Trinajstić information content (AvgIpc) is 3.05. The van der Waals surface area contributed by atoms with E-state index < -0.39 is 17.8 Å². The first kappa shape index (κ1) is 22.8. The molecule has 2 aromatic carbocycles. The molecule has 0 radical (unpaired) electrons. The molecule has 1 aliphatic heterocycles. The molecule has 0 saturated carbocycles. The molecule has 1 aliphatic rings. The third-order valence-corrected chi connectivity index (χ3v) is 6.36. The number of nitrogens with zero attached hydrogens (tertiary/aromatic N) is 1. The van der Waals surface area contributed by atoms with E-state index in [0.717, 1.165) is 0 Å². The molecule has 31 heavy (non-hydrogen) atoms. The van der Waals surface area contributed by atoms with Crippen LogP contribution in [0.5, 0.6) is 11.5 Å². The molecule has 0 atom stereocenters. The second-order valence-electron chi connectivity index (χ2n) is 6.19. The highest BCUT2D eigenvalue weighted by atomic mass is 79.9. The van der Waals surface area contributed by atoms with Gasteiger partial charge in [0.05, 0.1) is 23.9 Å². The highest BCUT2D eigenvalue weighted by molar-refractivity contribution is 9.13. The van der Waals surface area contributed by atoms with Crippen molar-refractivity contribution in [1.82, 2.24) is 5.43 Å². The summed E-state index contributed by atoms with van der Waals surface area (Å²) < 4.78 is 16.7. The fraction of sp³-hybridized carbons (Fsp3) is 0.190. The molecule has 1 heterocycles. The summed E-state index contributed by atoms with van der Waals surface area (Å²) in [6.07, 6.45) is 1.45. The first-order chi connectivity index (χ1) is 14.9. The van der Waals surface area contributed by atoms with Gasteiger partial charge >= 0.3 is 5.97 Å². The van der Waals surface area contributed by atoms with E-state index in [-0.39, 0.29) is 24.5 Å². The van der Waals surface area contributed by atoms with Gasteiger partial charge in [-0.15, -0.1) is 0 Å². The van der Waals surface area contributed by atoms with Crippen LogP contribution in [0, 0.1) is 0 Å². The number of esters is 1. The molecule has 2 amide bonds. The van der Waals surface area contributed by atoms with Crippen molar-refractivity contribution in [3.63, 3.8) is 0 Å². The van der Waals surface area contributed by atoms with Crippen molar-refractivity contribution in [1.29, 1.82) is 0 Å². The number of amides is 2. The minimum Gasteiger partial charge on any atom is -0.493 e.